The van der Waals surface area contributed by atoms with Crippen LogP contribution in [0.5, 0.6) is 0 Å². The minimum atomic E-state index is -0.570. The second-order valence-electron chi connectivity index (χ2n) is 8.75. The summed E-state index contributed by atoms with van der Waals surface area (Å²) in [5.74, 6) is -0.891. The highest BCUT2D eigenvalue weighted by Gasteiger charge is 2.70. The summed E-state index contributed by atoms with van der Waals surface area (Å²) in [5.41, 5.74) is 3.79. The zero-order chi connectivity index (χ0) is 20.2. The van der Waals surface area contributed by atoms with E-state index >= 15 is 0 Å². The van der Waals surface area contributed by atoms with E-state index in [1.807, 2.05) is 13.8 Å². The molecule has 1 aromatic rings. The van der Waals surface area contributed by atoms with E-state index in [1.54, 1.807) is 14.0 Å². The number of carbonyl (C=O) groups excluding carboxylic acids is 2. The van der Waals surface area contributed by atoms with Crippen molar-refractivity contribution in [3.63, 3.8) is 0 Å². The van der Waals surface area contributed by atoms with Gasteiger partial charge in [0.1, 0.15) is 11.7 Å². The van der Waals surface area contributed by atoms with Crippen molar-refractivity contribution in [1.82, 2.24) is 0 Å². The SMILES string of the molecule is CCC(=O)OC1C(c2c(C)cc(C)cc2C)C(=O)[C@H]2[C@@H]1[C@@H]1CC[C@@]2(COC)O1. The van der Waals surface area contributed by atoms with E-state index in [-0.39, 0.29) is 29.7 Å². The van der Waals surface area contributed by atoms with Gasteiger partial charge in [0, 0.05) is 19.4 Å². The van der Waals surface area contributed by atoms with Gasteiger partial charge in [-0.1, -0.05) is 24.6 Å². The van der Waals surface area contributed by atoms with Gasteiger partial charge in [0.2, 0.25) is 0 Å². The number of fused-ring (bicyclic) bond motifs is 5. The van der Waals surface area contributed by atoms with Gasteiger partial charge in [-0.25, -0.2) is 0 Å². The standard InChI is InChI=1S/C23H30O5/c1-6-16(24)27-22-18-15-7-8-23(28-15,11-26-5)20(18)21(25)19(22)17-13(3)9-12(2)10-14(17)4/h9-10,15,18-20,22H,6-8,11H2,1-5H3/t15-,18-,19?,20+,22?,23-/m0/s1. The first-order valence-corrected chi connectivity index (χ1v) is 10.3. The minimum Gasteiger partial charge on any atom is -0.461 e. The number of ketones is 1. The van der Waals surface area contributed by atoms with E-state index in [1.165, 1.54) is 5.56 Å². The number of aryl methyl sites for hydroxylation is 3. The number of methoxy groups -OCH3 is 1. The van der Waals surface area contributed by atoms with Crippen LogP contribution >= 0.6 is 0 Å². The molecule has 2 bridgehead atoms. The number of esters is 1. The lowest BCUT2D eigenvalue weighted by Gasteiger charge is -2.31. The smallest absolute Gasteiger partial charge is 0.305 e. The summed E-state index contributed by atoms with van der Waals surface area (Å²) in [6, 6.07) is 4.22. The van der Waals surface area contributed by atoms with Crippen LogP contribution in [0.1, 0.15) is 54.4 Å². The van der Waals surface area contributed by atoms with Gasteiger partial charge in [0.15, 0.2) is 5.78 Å². The Labute approximate surface area is 166 Å². The third-order valence-electron chi connectivity index (χ3n) is 6.93. The zero-order valence-corrected chi connectivity index (χ0v) is 17.4. The van der Waals surface area contributed by atoms with Gasteiger partial charge >= 0.3 is 5.97 Å². The molecule has 2 unspecified atom stereocenters. The van der Waals surface area contributed by atoms with Crippen molar-refractivity contribution in [3.05, 3.63) is 34.4 Å². The average molecular weight is 386 g/mol. The molecule has 2 saturated heterocycles. The van der Waals surface area contributed by atoms with Crippen molar-refractivity contribution in [2.75, 3.05) is 13.7 Å². The van der Waals surface area contributed by atoms with Crippen LogP contribution in [0, 0.1) is 32.6 Å². The number of carbonyl (C=O) groups is 2. The topological polar surface area (TPSA) is 61.8 Å². The summed E-state index contributed by atoms with van der Waals surface area (Å²) in [5, 5.41) is 0. The molecule has 4 rings (SSSR count). The molecule has 3 aliphatic rings. The Balaban J connectivity index is 1.82. The van der Waals surface area contributed by atoms with Gasteiger partial charge in [-0.3, -0.25) is 9.59 Å². The molecule has 6 atom stereocenters. The molecule has 5 heteroatoms. The second kappa shape index (κ2) is 6.96. The van der Waals surface area contributed by atoms with Crippen molar-refractivity contribution >= 4 is 11.8 Å². The Morgan fingerprint density at radius 2 is 1.93 bits per heavy atom. The van der Waals surface area contributed by atoms with E-state index in [2.05, 4.69) is 19.1 Å². The number of hydrogen-bond donors (Lipinski definition) is 0. The molecule has 28 heavy (non-hydrogen) atoms. The highest BCUT2D eigenvalue weighted by molar-refractivity contribution is 5.94. The van der Waals surface area contributed by atoms with Crippen molar-refractivity contribution in [2.45, 2.75) is 70.7 Å². The van der Waals surface area contributed by atoms with Gasteiger partial charge in [-0.15, -0.1) is 0 Å². The number of rotatable bonds is 5. The fourth-order valence-electron chi connectivity index (χ4n) is 6.11. The molecule has 1 saturated carbocycles. The number of benzene rings is 1. The molecule has 0 spiro atoms. The molecule has 2 aliphatic heterocycles. The monoisotopic (exact) mass is 386 g/mol. The Kier molecular flexibility index (Phi) is 4.87. The number of hydrogen-bond acceptors (Lipinski definition) is 5. The highest BCUT2D eigenvalue weighted by atomic mass is 16.6. The maximum atomic E-state index is 13.8. The van der Waals surface area contributed by atoms with Crippen LogP contribution in [0.2, 0.25) is 0 Å². The maximum Gasteiger partial charge on any atom is 0.305 e. The third-order valence-corrected chi connectivity index (χ3v) is 6.93. The van der Waals surface area contributed by atoms with E-state index in [0.29, 0.717) is 13.0 Å². The molecular weight excluding hydrogens is 356 g/mol. The Morgan fingerprint density at radius 1 is 1.25 bits per heavy atom. The maximum absolute atomic E-state index is 13.8. The molecular formula is C23H30O5. The highest BCUT2D eigenvalue weighted by Crippen LogP contribution is 2.60. The number of ether oxygens (including phenoxy) is 3. The van der Waals surface area contributed by atoms with Crippen LogP contribution in [0.3, 0.4) is 0 Å². The van der Waals surface area contributed by atoms with Gasteiger partial charge in [-0.2, -0.15) is 0 Å². The normalized spacial score (nSPS) is 36.0. The number of Topliss-reactive ketones (excluding diaryl/α,β-unsaturated/α-hetero) is 1. The average Bonchev–Trinajstić information content (AvgIpc) is 3.26. The fraction of sp³-hybridized carbons (Fsp3) is 0.652. The quantitative estimate of drug-likeness (QED) is 0.726. The summed E-state index contributed by atoms with van der Waals surface area (Å²) >= 11 is 0. The Hall–Kier alpha value is -1.72. The predicted octanol–water partition coefficient (Wildman–Crippen LogP) is 3.41. The Bertz CT molecular complexity index is 792. The summed E-state index contributed by atoms with van der Waals surface area (Å²) in [6.45, 7) is 8.35. The van der Waals surface area contributed by atoms with E-state index in [4.69, 9.17) is 14.2 Å². The fourth-order valence-corrected chi connectivity index (χ4v) is 6.11. The molecule has 3 fully saturated rings. The first-order valence-electron chi connectivity index (χ1n) is 10.3. The summed E-state index contributed by atoms with van der Waals surface area (Å²) < 4.78 is 17.7. The van der Waals surface area contributed by atoms with Crippen molar-refractivity contribution in [1.29, 1.82) is 0 Å². The largest absolute Gasteiger partial charge is 0.461 e. The minimum absolute atomic E-state index is 0.0465. The van der Waals surface area contributed by atoms with Crippen molar-refractivity contribution in [3.8, 4) is 0 Å². The molecule has 0 radical (unpaired) electrons. The second-order valence-corrected chi connectivity index (χ2v) is 8.75. The van der Waals surface area contributed by atoms with Crippen LogP contribution in [0.4, 0.5) is 0 Å². The molecule has 5 nitrogen and oxygen atoms in total. The molecule has 152 valence electrons. The van der Waals surface area contributed by atoms with Crippen LogP contribution in [0.25, 0.3) is 0 Å². The van der Waals surface area contributed by atoms with Crippen LogP contribution < -0.4 is 0 Å². The van der Waals surface area contributed by atoms with Gasteiger partial charge in [0.25, 0.3) is 0 Å². The van der Waals surface area contributed by atoms with Gasteiger partial charge in [-0.05, 0) is 50.3 Å². The van der Waals surface area contributed by atoms with Crippen molar-refractivity contribution in [2.24, 2.45) is 11.8 Å². The Morgan fingerprint density at radius 3 is 2.54 bits per heavy atom. The first-order chi connectivity index (χ1) is 13.3. The summed E-state index contributed by atoms with van der Waals surface area (Å²) in [7, 11) is 1.65. The first kappa shape index (κ1) is 19.6. The molecule has 0 aromatic heterocycles. The zero-order valence-electron chi connectivity index (χ0n) is 17.4. The summed E-state index contributed by atoms with van der Waals surface area (Å²) in [4.78, 5) is 26.1. The van der Waals surface area contributed by atoms with E-state index in [9.17, 15) is 9.59 Å². The predicted molar refractivity (Wildman–Crippen MR) is 104 cm³/mol. The van der Waals surface area contributed by atoms with Crippen LogP contribution in [-0.2, 0) is 23.8 Å². The van der Waals surface area contributed by atoms with Gasteiger partial charge < -0.3 is 14.2 Å². The lowest BCUT2D eigenvalue weighted by molar-refractivity contribution is -0.152. The molecule has 1 aromatic carbocycles. The van der Waals surface area contributed by atoms with Crippen LogP contribution in [-0.4, -0.2) is 43.3 Å². The third kappa shape index (κ3) is 2.74. The molecule has 0 amide bonds. The van der Waals surface area contributed by atoms with Gasteiger partial charge in [0.05, 0.1) is 24.5 Å². The van der Waals surface area contributed by atoms with E-state index in [0.717, 1.165) is 29.5 Å². The van der Waals surface area contributed by atoms with Crippen LogP contribution in [0.15, 0.2) is 12.1 Å². The molecule has 1 aliphatic carbocycles. The molecule has 0 N–H and O–H groups in total. The van der Waals surface area contributed by atoms with Crippen molar-refractivity contribution < 1.29 is 23.8 Å². The molecule has 2 heterocycles. The van der Waals surface area contributed by atoms with E-state index < -0.39 is 17.6 Å². The lowest BCUT2D eigenvalue weighted by Crippen LogP contribution is -2.44. The lowest BCUT2D eigenvalue weighted by atomic mass is 9.73. The summed E-state index contributed by atoms with van der Waals surface area (Å²) in [6.07, 6.45) is 1.50.